The molecule has 2 atom stereocenters. The Balaban J connectivity index is 2.93. The molecule has 19 heavy (non-hydrogen) atoms. The summed E-state index contributed by atoms with van der Waals surface area (Å²) in [5.41, 5.74) is -1.40. The van der Waals surface area contributed by atoms with E-state index in [4.69, 9.17) is 0 Å². The van der Waals surface area contributed by atoms with Crippen LogP contribution in [0.15, 0.2) is 0 Å². The van der Waals surface area contributed by atoms with Gasteiger partial charge >= 0.3 is 12.4 Å². The van der Waals surface area contributed by atoms with E-state index in [1.165, 1.54) is 0 Å². The number of halogens is 7. The molecule has 2 unspecified atom stereocenters. The normalized spacial score (nSPS) is 29.8. The monoisotopic (exact) mass is 356 g/mol. The van der Waals surface area contributed by atoms with Crippen molar-refractivity contribution in [3.05, 3.63) is 0 Å². The first-order valence-corrected chi connectivity index (χ1v) is 6.99. The lowest BCUT2D eigenvalue weighted by atomic mass is 9.80. The number of ether oxygens (including phenoxy) is 1. The van der Waals surface area contributed by atoms with Gasteiger partial charge < -0.3 is 4.74 Å². The highest BCUT2D eigenvalue weighted by atomic mass is 79.9. The Morgan fingerprint density at radius 2 is 1.74 bits per heavy atom. The Morgan fingerprint density at radius 3 is 2.11 bits per heavy atom. The summed E-state index contributed by atoms with van der Waals surface area (Å²) in [6.07, 6.45) is -12.9. The van der Waals surface area contributed by atoms with E-state index in [0.717, 1.165) is 6.42 Å². The van der Waals surface area contributed by atoms with E-state index in [-0.39, 0.29) is 24.1 Å². The topological polar surface area (TPSA) is 9.23 Å². The van der Waals surface area contributed by atoms with Crippen molar-refractivity contribution in [2.75, 3.05) is 5.33 Å². The van der Waals surface area contributed by atoms with Crippen LogP contribution in [0.5, 0.6) is 0 Å². The summed E-state index contributed by atoms with van der Waals surface area (Å²) in [6.45, 7) is 1.80. The van der Waals surface area contributed by atoms with E-state index < -0.39 is 24.1 Å². The molecule has 0 heterocycles. The van der Waals surface area contributed by atoms with Gasteiger partial charge in [-0.1, -0.05) is 35.7 Å². The lowest BCUT2D eigenvalue weighted by molar-refractivity contribution is -0.345. The number of alkyl halides is 7. The molecule has 1 aliphatic rings. The fraction of sp³-hybridized carbons (Fsp3) is 1.00. The van der Waals surface area contributed by atoms with Crippen LogP contribution in [0.1, 0.15) is 32.6 Å². The van der Waals surface area contributed by atoms with Gasteiger partial charge in [0.2, 0.25) is 6.10 Å². The molecule has 1 fully saturated rings. The zero-order valence-corrected chi connectivity index (χ0v) is 11.8. The minimum Gasteiger partial charge on any atom is -0.353 e. The summed E-state index contributed by atoms with van der Waals surface area (Å²) >= 11 is 3.00. The quantitative estimate of drug-likeness (QED) is 0.519. The molecule has 1 rings (SSSR count). The molecule has 0 spiro atoms. The zero-order chi connectivity index (χ0) is 14.9. The van der Waals surface area contributed by atoms with Crippen LogP contribution in [0.4, 0.5) is 26.3 Å². The minimum atomic E-state index is -5.45. The average molecular weight is 357 g/mol. The predicted molar refractivity (Wildman–Crippen MR) is 61.1 cm³/mol. The van der Waals surface area contributed by atoms with Crippen LogP contribution in [0.2, 0.25) is 0 Å². The van der Waals surface area contributed by atoms with Crippen molar-refractivity contribution in [2.45, 2.75) is 56.7 Å². The van der Waals surface area contributed by atoms with Gasteiger partial charge in [-0.25, -0.2) is 0 Å². The van der Waals surface area contributed by atoms with Crippen molar-refractivity contribution in [1.29, 1.82) is 0 Å². The molecule has 0 saturated heterocycles. The van der Waals surface area contributed by atoms with Gasteiger partial charge in [-0.2, -0.15) is 26.3 Å². The molecule has 0 aliphatic heterocycles. The highest BCUT2D eigenvalue weighted by Crippen LogP contribution is 2.43. The molecular weight excluding hydrogens is 342 g/mol. The zero-order valence-electron chi connectivity index (χ0n) is 10.2. The molecule has 1 saturated carbocycles. The van der Waals surface area contributed by atoms with E-state index in [0.29, 0.717) is 6.42 Å². The molecule has 0 aromatic heterocycles. The van der Waals surface area contributed by atoms with Gasteiger partial charge in [0.25, 0.3) is 0 Å². The van der Waals surface area contributed by atoms with Crippen molar-refractivity contribution in [2.24, 2.45) is 5.92 Å². The molecule has 1 aliphatic carbocycles. The summed E-state index contributed by atoms with van der Waals surface area (Å²) in [4.78, 5) is 0. The van der Waals surface area contributed by atoms with Crippen LogP contribution in [0.25, 0.3) is 0 Å². The number of rotatable bonds is 3. The van der Waals surface area contributed by atoms with Gasteiger partial charge in [-0.05, 0) is 18.8 Å². The first-order chi connectivity index (χ1) is 8.50. The summed E-state index contributed by atoms with van der Waals surface area (Å²) in [5.74, 6) is 0.0495. The largest absolute Gasteiger partial charge is 0.423 e. The maximum atomic E-state index is 12.5. The van der Waals surface area contributed by atoms with Crippen LogP contribution < -0.4 is 0 Å². The second-order valence-corrected chi connectivity index (χ2v) is 5.66. The lowest BCUT2D eigenvalue weighted by Crippen LogP contribution is -2.52. The Kier molecular flexibility index (Phi) is 5.20. The van der Waals surface area contributed by atoms with Crippen molar-refractivity contribution in [3.63, 3.8) is 0 Å². The van der Waals surface area contributed by atoms with Crippen LogP contribution in [0.3, 0.4) is 0 Å². The summed E-state index contributed by atoms with van der Waals surface area (Å²) in [7, 11) is 0. The molecular formula is C11H15BrF6O. The highest BCUT2D eigenvalue weighted by Gasteiger charge is 2.60. The van der Waals surface area contributed by atoms with Gasteiger partial charge in [0.1, 0.15) is 0 Å². The fourth-order valence-electron chi connectivity index (χ4n) is 2.44. The van der Waals surface area contributed by atoms with E-state index in [1.54, 1.807) is 6.92 Å². The van der Waals surface area contributed by atoms with Crippen molar-refractivity contribution in [3.8, 4) is 0 Å². The van der Waals surface area contributed by atoms with Gasteiger partial charge in [0.15, 0.2) is 0 Å². The maximum absolute atomic E-state index is 12.5. The molecule has 0 aromatic carbocycles. The van der Waals surface area contributed by atoms with Crippen LogP contribution in [0, 0.1) is 5.92 Å². The molecule has 8 heteroatoms. The van der Waals surface area contributed by atoms with Gasteiger partial charge in [0, 0.05) is 5.33 Å². The van der Waals surface area contributed by atoms with Crippen LogP contribution in [-0.2, 0) is 4.74 Å². The number of hydrogen-bond acceptors (Lipinski definition) is 1. The van der Waals surface area contributed by atoms with Crippen LogP contribution >= 0.6 is 15.9 Å². The van der Waals surface area contributed by atoms with Crippen molar-refractivity contribution < 1.29 is 31.1 Å². The third-order valence-electron chi connectivity index (χ3n) is 3.26. The van der Waals surface area contributed by atoms with E-state index >= 15 is 0 Å². The Hall–Kier alpha value is 0.0200. The minimum absolute atomic E-state index is 0.0347. The lowest BCUT2D eigenvalue weighted by Gasteiger charge is -2.41. The number of hydrogen-bond donors (Lipinski definition) is 0. The third-order valence-corrected chi connectivity index (χ3v) is 4.28. The van der Waals surface area contributed by atoms with Crippen LogP contribution in [-0.4, -0.2) is 29.4 Å². The van der Waals surface area contributed by atoms with E-state index in [2.05, 4.69) is 20.7 Å². The Morgan fingerprint density at radius 1 is 1.21 bits per heavy atom. The second kappa shape index (κ2) is 5.79. The fourth-order valence-corrected chi connectivity index (χ4v) is 3.08. The first-order valence-electron chi connectivity index (χ1n) is 5.87. The molecule has 0 bridgehead atoms. The molecule has 0 N–H and O–H groups in total. The Bertz CT molecular complexity index is 289. The van der Waals surface area contributed by atoms with E-state index in [1.807, 2.05) is 0 Å². The molecule has 1 nitrogen and oxygen atoms in total. The summed E-state index contributed by atoms with van der Waals surface area (Å²) in [6, 6.07) is 0. The molecule has 0 radical (unpaired) electrons. The van der Waals surface area contributed by atoms with Gasteiger partial charge in [-0.3, -0.25) is 0 Å². The second-order valence-electron chi connectivity index (χ2n) is 5.10. The molecule has 0 aromatic rings. The average Bonchev–Trinajstić information content (AvgIpc) is 2.23. The van der Waals surface area contributed by atoms with Gasteiger partial charge in [0.05, 0.1) is 5.60 Å². The molecule has 0 amide bonds. The van der Waals surface area contributed by atoms with Crippen molar-refractivity contribution in [1.82, 2.24) is 0 Å². The van der Waals surface area contributed by atoms with E-state index in [9.17, 15) is 26.3 Å². The third kappa shape index (κ3) is 4.51. The predicted octanol–water partition coefficient (Wildman–Crippen LogP) is 4.84. The SMILES string of the molecule is CC1CCCC(CBr)(OC(C(F)(F)F)C(F)(F)F)C1. The summed E-state index contributed by atoms with van der Waals surface area (Å²) in [5, 5.41) is -0.0347. The van der Waals surface area contributed by atoms with Gasteiger partial charge in [-0.15, -0.1) is 0 Å². The first kappa shape index (κ1) is 17.1. The maximum Gasteiger partial charge on any atom is 0.423 e. The Labute approximate surface area is 115 Å². The summed E-state index contributed by atoms with van der Waals surface area (Å²) < 4.78 is 79.6. The standard InChI is InChI=1S/C11H15BrF6O/c1-7-3-2-4-9(5-7,6-12)19-8(10(13,14)15)11(16,17)18/h7-8H,2-6H2,1H3. The highest BCUT2D eigenvalue weighted by molar-refractivity contribution is 9.09. The smallest absolute Gasteiger partial charge is 0.353 e. The van der Waals surface area contributed by atoms with Crippen molar-refractivity contribution >= 4 is 15.9 Å². The molecule has 114 valence electrons.